The van der Waals surface area contributed by atoms with Crippen LogP contribution in [0, 0.1) is 0 Å². The van der Waals surface area contributed by atoms with Crippen LogP contribution >= 0.6 is 23.2 Å². The van der Waals surface area contributed by atoms with Crippen molar-refractivity contribution in [3.8, 4) is 0 Å². The lowest BCUT2D eigenvalue weighted by molar-refractivity contribution is 0.984. The van der Waals surface area contributed by atoms with Crippen molar-refractivity contribution in [3.63, 3.8) is 0 Å². The van der Waals surface area contributed by atoms with E-state index in [9.17, 15) is 0 Å². The first-order valence-electron chi connectivity index (χ1n) is 3.12. The van der Waals surface area contributed by atoms with E-state index < -0.39 is 0 Å². The molecule has 1 aromatic rings. The van der Waals surface area contributed by atoms with E-state index >= 15 is 0 Å². The molecule has 11 heavy (non-hydrogen) atoms. The summed E-state index contributed by atoms with van der Waals surface area (Å²) in [6.07, 6.45) is 0. The molecule has 1 rings (SSSR count). The van der Waals surface area contributed by atoms with Gasteiger partial charge in [-0.2, -0.15) is 0 Å². The Morgan fingerprint density at radius 3 is 2.45 bits per heavy atom. The van der Waals surface area contributed by atoms with E-state index in [0.717, 1.165) is 5.69 Å². The number of hydrazine groups is 1. The van der Waals surface area contributed by atoms with Crippen molar-refractivity contribution in [1.82, 2.24) is 5.43 Å². The van der Waals surface area contributed by atoms with E-state index in [1.165, 1.54) is 0 Å². The highest BCUT2D eigenvalue weighted by molar-refractivity contribution is 6.42. The molecule has 1 aromatic carbocycles. The second-order valence-electron chi connectivity index (χ2n) is 2.00. The highest BCUT2D eigenvalue weighted by Crippen LogP contribution is 2.24. The minimum atomic E-state index is 0.548. The average molecular weight is 191 g/mol. The Morgan fingerprint density at radius 1 is 1.18 bits per heavy atom. The summed E-state index contributed by atoms with van der Waals surface area (Å²) >= 11 is 11.5. The number of nitrogens with one attached hydrogen (secondary N) is 2. The van der Waals surface area contributed by atoms with Gasteiger partial charge >= 0.3 is 0 Å². The summed E-state index contributed by atoms with van der Waals surface area (Å²) in [6.45, 7) is 0. The second-order valence-corrected chi connectivity index (χ2v) is 2.82. The highest BCUT2D eigenvalue weighted by atomic mass is 35.5. The van der Waals surface area contributed by atoms with Gasteiger partial charge in [-0.05, 0) is 18.2 Å². The molecule has 0 saturated carbocycles. The Kier molecular flexibility index (Phi) is 3.00. The van der Waals surface area contributed by atoms with Gasteiger partial charge in [0.25, 0.3) is 0 Å². The fraction of sp³-hybridized carbons (Fsp3) is 0.143. The minimum Gasteiger partial charge on any atom is -0.322 e. The zero-order valence-electron chi connectivity index (χ0n) is 5.99. The maximum Gasteiger partial charge on any atom is 0.0613 e. The molecule has 60 valence electrons. The van der Waals surface area contributed by atoms with E-state index in [-0.39, 0.29) is 0 Å². The Morgan fingerprint density at radius 2 is 1.91 bits per heavy atom. The monoisotopic (exact) mass is 190 g/mol. The van der Waals surface area contributed by atoms with E-state index in [4.69, 9.17) is 23.2 Å². The molecule has 0 unspecified atom stereocenters. The number of anilines is 1. The predicted octanol–water partition coefficient (Wildman–Crippen LogP) is 2.54. The number of hydrogen-bond donors (Lipinski definition) is 2. The number of hydrogen-bond acceptors (Lipinski definition) is 2. The smallest absolute Gasteiger partial charge is 0.0613 e. The molecule has 0 fully saturated rings. The maximum atomic E-state index is 5.75. The zero-order chi connectivity index (χ0) is 8.27. The van der Waals surface area contributed by atoms with Gasteiger partial charge in [-0.1, -0.05) is 23.2 Å². The number of rotatable bonds is 2. The summed E-state index contributed by atoms with van der Waals surface area (Å²) in [5.41, 5.74) is 6.55. The lowest BCUT2D eigenvalue weighted by Gasteiger charge is -2.04. The standard InChI is InChI=1S/C7H8Cl2N2/c1-10-11-5-2-3-6(8)7(9)4-5/h2-4,10-11H,1H3. The van der Waals surface area contributed by atoms with Gasteiger partial charge < -0.3 is 5.43 Å². The van der Waals surface area contributed by atoms with E-state index in [0.29, 0.717) is 10.0 Å². The van der Waals surface area contributed by atoms with Crippen LogP contribution in [0.25, 0.3) is 0 Å². The summed E-state index contributed by atoms with van der Waals surface area (Å²) in [5, 5.41) is 1.11. The molecule has 0 bridgehead atoms. The summed E-state index contributed by atoms with van der Waals surface area (Å²) in [6, 6.07) is 5.33. The first-order valence-corrected chi connectivity index (χ1v) is 3.87. The number of benzene rings is 1. The Hall–Kier alpha value is -0.440. The van der Waals surface area contributed by atoms with Gasteiger partial charge in [0.15, 0.2) is 0 Å². The molecule has 2 nitrogen and oxygen atoms in total. The Bertz CT molecular complexity index is 250. The second kappa shape index (κ2) is 3.81. The molecule has 0 aliphatic heterocycles. The maximum absolute atomic E-state index is 5.75. The molecule has 0 aromatic heterocycles. The first-order chi connectivity index (χ1) is 5.24. The molecule has 0 saturated heterocycles. The Labute approximate surface area is 75.5 Å². The lowest BCUT2D eigenvalue weighted by Crippen LogP contribution is -2.14. The van der Waals surface area contributed by atoms with Crippen molar-refractivity contribution < 1.29 is 0 Å². The molecular formula is C7H8Cl2N2. The van der Waals surface area contributed by atoms with Gasteiger partial charge in [-0.3, -0.25) is 0 Å². The molecule has 0 radical (unpaired) electrons. The molecule has 2 N–H and O–H groups in total. The molecule has 0 heterocycles. The molecule has 0 aliphatic rings. The van der Waals surface area contributed by atoms with Crippen LogP contribution in [-0.4, -0.2) is 7.05 Å². The van der Waals surface area contributed by atoms with Crippen molar-refractivity contribution in [2.45, 2.75) is 0 Å². The fourth-order valence-electron chi connectivity index (χ4n) is 0.718. The molecule has 0 atom stereocenters. The van der Waals surface area contributed by atoms with Gasteiger partial charge in [0.2, 0.25) is 0 Å². The summed E-state index contributed by atoms with van der Waals surface area (Å²) in [7, 11) is 1.78. The average Bonchev–Trinajstić information content (AvgIpc) is 1.98. The van der Waals surface area contributed by atoms with Gasteiger partial charge in [0.05, 0.1) is 15.7 Å². The third-order valence-electron chi connectivity index (χ3n) is 1.19. The fourth-order valence-corrected chi connectivity index (χ4v) is 1.02. The third kappa shape index (κ3) is 2.26. The van der Waals surface area contributed by atoms with Crippen LogP contribution < -0.4 is 10.9 Å². The van der Waals surface area contributed by atoms with Gasteiger partial charge in [-0.25, -0.2) is 5.43 Å². The molecule has 4 heteroatoms. The van der Waals surface area contributed by atoms with Gasteiger partial charge in [0, 0.05) is 7.05 Å². The van der Waals surface area contributed by atoms with Gasteiger partial charge in [-0.15, -0.1) is 0 Å². The van der Waals surface area contributed by atoms with Crippen molar-refractivity contribution in [3.05, 3.63) is 28.2 Å². The SMILES string of the molecule is CNNc1ccc(Cl)c(Cl)c1. The Balaban J connectivity index is 2.86. The van der Waals surface area contributed by atoms with Gasteiger partial charge in [0.1, 0.15) is 0 Å². The summed E-state index contributed by atoms with van der Waals surface area (Å²) in [4.78, 5) is 0. The van der Waals surface area contributed by atoms with Crippen molar-refractivity contribution in [1.29, 1.82) is 0 Å². The third-order valence-corrected chi connectivity index (χ3v) is 1.93. The van der Waals surface area contributed by atoms with Crippen LogP contribution in [0.5, 0.6) is 0 Å². The highest BCUT2D eigenvalue weighted by Gasteiger charge is 1.96. The van der Waals surface area contributed by atoms with Crippen molar-refractivity contribution >= 4 is 28.9 Å². The van der Waals surface area contributed by atoms with E-state index in [2.05, 4.69) is 10.9 Å². The van der Waals surface area contributed by atoms with Crippen molar-refractivity contribution in [2.75, 3.05) is 12.5 Å². The van der Waals surface area contributed by atoms with Crippen LogP contribution in [0.4, 0.5) is 5.69 Å². The van der Waals surface area contributed by atoms with E-state index in [1.807, 2.05) is 6.07 Å². The zero-order valence-corrected chi connectivity index (χ0v) is 7.50. The van der Waals surface area contributed by atoms with Crippen LogP contribution in [0.2, 0.25) is 10.0 Å². The normalized spacial score (nSPS) is 9.73. The topological polar surface area (TPSA) is 24.1 Å². The minimum absolute atomic E-state index is 0.548. The lowest BCUT2D eigenvalue weighted by atomic mass is 10.3. The van der Waals surface area contributed by atoms with Crippen LogP contribution in [0.3, 0.4) is 0 Å². The van der Waals surface area contributed by atoms with Crippen molar-refractivity contribution in [2.24, 2.45) is 0 Å². The largest absolute Gasteiger partial charge is 0.322 e. The van der Waals surface area contributed by atoms with Crippen LogP contribution in [0.15, 0.2) is 18.2 Å². The molecule has 0 aliphatic carbocycles. The first kappa shape index (κ1) is 8.65. The molecular weight excluding hydrogens is 183 g/mol. The van der Waals surface area contributed by atoms with Crippen LogP contribution in [-0.2, 0) is 0 Å². The summed E-state index contributed by atoms with van der Waals surface area (Å²) in [5.74, 6) is 0. The molecule has 0 amide bonds. The van der Waals surface area contributed by atoms with E-state index in [1.54, 1.807) is 19.2 Å². The summed E-state index contributed by atoms with van der Waals surface area (Å²) < 4.78 is 0. The predicted molar refractivity (Wildman–Crippen MR) is 49.1 cm³/mol. The quantitative estimate of drug-likeness (QED) is 0.702. The molecule has 0 spiro atoms. The number of halogens is 2. The van der Waals surface area contributed by atoms with Crippen LogP contribution in [0.1, 0.15) is 0 Å².